The summed E-state index contributed by atoms with van der Waals surface area (Å²) in [7, 11) is 0.415. The van der Waals surface area contributed by atoms with Gasteiger partial charge in [0.15, 0.2) is 0 Å². The molecule has 0 radical (unpaired) electrons. The first-order valence-electron chi connectivity index (χ1n) is 14.3. The third kappa shape index (κ3) is 4.50. The van der Waals surface area contributed by atoms with E-state index in [1.807, 2.05) is 19.9 Å². The van der Waals surface area contributed by atoms with Gasteiger partial charge in [-0.1, -0.05) is 54.6 Å². The van der Waals surface area contributed by atoms with Crippen molar-refractivity contribution in [3.63, 3.8) is 0 Å². The van der Waals surface area contributed by atoms with Crippen LogP contribution in [0.25, 0.3) is 60.6 Å². The van der Waals surface area contributed by atoms with Gasteiger partial charge in [0.1, 0.15) is 22.5 Å². The van der Waals surface area contributed by atoms with Crippen LogP contribution in [0, 0.1) is 0 Å². The van der Waals surface area contributed by atoms with E-state index in [0.29, 0.717) is 7.48 Å². The van der Waals surface area contributed by atoms with Crippen molar-refractivity contribution in [3.05, 3.63) is 102 Å². The average Bonchev–Trinajstić information content (AvgIpc) is 3.53. The Morgan fingerprint density at radius 2 is 1.34 bits per heavy atom. The zero-order valence-corrected chi connectivity index (χ0v) is 24.0. The number of aryl methyl sites for hydroxylation is 1. The molecule has 41 heavy (non-hydrogen) atoms. The van der Waals surface area contributed by atoms with Crippen molar-refractivity contribution >= 4 is 45.9 Å². The van der Waals surface area contributed by atoms with E-state index in [2.05, 4.69) is 84.9 Å². The molecule has 204 valence electrons. The molecule has 7 rings (SSSR count). The lowest BCUT2D eigenvalue weighted by Gasteiger charge is -2.38. The molecular formula is C36H33BO4. The largest absolute Gasteiger partial charge is 0.460 e. The van der Waals surface area contributed by atoms with Gasteiger partial charge in [0.25, 0.3) is 0 Å². The molecular weight excluding hydrogens is 507 g/mol. The summed E-state index contributed by atoms with van der Waals surface area (Å²) in [6.45, 7) is 7.43. The molecule has 4 nitrogen and oxygen atoms in total. The Bertz CT molecular complexity index is 1950. The molecule has 0 spiro atoms. The van der Waals surface area contributed by atoms with Gasteiger partial charge in [0, 0.05) is 28.1 Å². The first-order chi connectivity index (χ1) is 19.7. The number of rotatable bonds is 6. The molecule has 4 aromatic carbocycles. The normalized spacial score (nSPS) is 14.0. The molecule has 2 aromatic heterocycles. The minimum atomic E-state index is -0.963. The summed E-state index contributed by atoms with van der Waals surface area (Å²) < 4.78 is 18.9. The van der Waals surface area contributed by atoms with Gasteiger partial charge in [0.2, 0.25) is 0 Å². The lowest BCUT2D eigenvalue weighted by Crippen LogP contribution is -2.48. The van der Waals surface area contributed by atoms with Crippen molar-refractivity contribution in [2.75, 3.05) is 0 Å². The summed E-state index contributed by atoms with van der Waals surface area (Å²) in [5.41, 5.74) is 7.80. The standard InChI is InChI=1S/C36H33BO4/c1-35(2,38)36(3,4)41-37-29-11-8-12-32-34(29)28-20-24(15-18-31(28)39-32)25-13-16-26-27-19-23(22-9-6-5-7-10-22)14-17-30(27)40-33(26)21-25/h5-7,9-11,13-21,37-38H,8,12H2,1-4H3. The van der Waals surface area contributed by atoms with Crippen molar-refractivity contribution in [2.45, 2.75) is 51.7 Å². The minimum Gasteiger partial charge on any atom is -0.460 e. The van der Waals surface area contributed by atoms with Gasteiger partial charge in [-0.2, -0.15) is 0 Å². The molecule has 2 heterocycles. The van der Waals surface area contributed by atoms with Crippen LogP contribution in [0.3, 0.4) is 0 Å². The van der Waals surface area contributed by atoms with Crippen LogP contribution in [0.4, 0.5) is 0 Å². The minimum absolute atomic E-state index is 0.415. The molecule has 0 atom stereocenters. The second-order valence-corrected chi connectivity index (χ2v) is 12.1. The Kier molecular flexibility index (Phi) is 6.00. The Hall–Kier alpha value is -4.06. The highest BCUT2D eigenvalue weighted by molar-refractivity contribution is 6.56. The van der Waals surface area contributed by atoms with E-state index in [0.717, 1.165) is 73.7 Å². The Morgan fingerprint density at radius 1 is 0.683 bits per heavy atom. The fourth-order valence-electron chi connectivity index (χ4n) is 5.67. The zero-order chi connectivity index (χ0) is 28.4. The monoisotopic (exact) mass is 540 g/mol. The highest BCUT2D eigenvalue weighted by Crippen LogP contribution is 2.40. The van der Waals surface area contributed by atoms with Crippen LogP contribution >= 0.6 is 0 Å². The number of benzene rings is 4. The van der Waals surface area contributed by atoms with Gasteiger partial charge >= 0.3 is 7.48 Å². The van der Waals surface area contributed by atoms with Gasteiger partial charge in [-0.05, 0) is 98.2 Å². The van der Waals surface area contributed by atoms with Crippen LogP contribution in [0.5, 0.6) is 0 Å². The molecule has 1 aliphatic carbocycles. The van der Waals surface area contributed by atoms with Crippen LogP contribution in [0.1, 0.15) is 45.4 Å². The molecule has 1 N–H and O–H groups in total. The number of hydrogen-bond acceptors (Lipinski definition) is 4. The maximum Gasteiger partial charge on any atom is 0.309 e. The van der Waals surface area contributed by atoms with Gasteiger partial charge in [0.05, 0.1) is 11.2 Å². The lowest BCUT2D eigenvalue weighted by molar-refractivity contribution is -0.0892. The highest BCUT2D eigenvalue weighted by atomic mass is 16.5. The number of fused-ring (bicyclic) bond motifs is 6. The van der Waals surface area contributed by atoms with Crippen molar-refractivity contribution < 1.29 is 18.6 Å². The number of hydrogen-bond donors (Lipinski definition) is 1. The third-order valence-corrected chi connectivity index (χ3v) is 8.82. The quantitative estimate of drug-likeness (QED) is 0.214. The van der Waals surface area contributed by atoms with Crippen LogP contribution in [0.15, 0.2) is 99.8 Å². The van der Waals surface area contributed by atoms with E-state index in [-0.39, 0.29) is 0 Å². The van der Waals surface area contributed by atoms with Crippen LogP contribution < -0.4 is 0 Å². The second kappa shape index (κ2) is 9.51. The van der Waals surface area contributed by atoms with Gasteiger partial charge in [-0.25, -0.2) is 0 Å². The fourth-order valence-corrected chi connectivity index (χ4v) is 5.67. The predicted molar refractivity (Wildman–Crippen MR) is 169 cm³/mol. The van der Waals surface area contributed by atoms with E-state index in [9.17, 15) is 5.11 Å². The molecule has 5 heteroatoms. The summed E-state index contributed by atoms with van der Waals surface area (Å²) in [5, 5.41) is 13.9. The summed E-state index contributed by atoms with van der Waals surface area (Å²) in [6, 6.07) is 29.7. The molecule has 6 aromatic rings. The maximum absolute atomic E-state index is 10.6. The number of aliphatic hydroxyl groups is 1. The SMILES string of the molecule is CC(C)(O)C(C)(C)OBC1=CCCc2oc3ccc(-c4ccc5c(c4)oc4ccc(-c6ccccc6)cc45)cc3c21. The smallest absolute Gasteiger partial charge is 0.309 e. The topological polar surface area (TPSA) is 55.7 Å². The fraction of sp³-hybridized carbons (Fsp3) is 0.222. The van der Waals surface area contributed by atoms with Gasteiger partial charge < -0.3 is 18.6 Å². The van der Waals surface area contributed by atoms with Crippen molar-refractivity contribution in [3.8, 4) is 22.3 Å². The molecule has 0 bridgehead atoms. The van der Waals surface area contributed by atoms with Gasteiger partial charge in [-0.15, -0.1) is 0 Å². The summed E-state index contributed by atoms with van der Waals surface area (Å²) in [6.07, 6.45) is 4.03. The van der Waals surface area contributed by atoms with Crippen molar-refractivity contribution in [2.24, 2.45) is 0 Å². The van der Waals surface area contributed by atoms with Crippen LogP contribution in [0.2, 0.25) is 0 Å². The summed E-state index contributed by atoms with van der Waals surface area (Å²) in [4.78, 5) is 0. The highest BCUT2D eigenvalue weighted by Gasteiger charge is 2.36. The molecule has 0 unspecified atom stereocenters. The van der Waals surface area contributed by atoms with E-state index in [1.54, 1.807) is 13.8 Å². The average molecular weight is 540 g/mol. The Balaban J connectivity index is 1.25. The molecule has 0 aliphatic heterocycles. The summed E-state index contributed by atoms with van der Waals surface area (Å²) in [5.74, 6) is 1.00. The Labute approximate surface area is 240 Å². The van der Waals surface area contributed by atoms with E-state index < -0.39 is 11.2 Å². The first kappa shape index (κ1) is 25.9. The molecule has 0 saturated carbocycles. The molecule has 0 amide bonds. The molecule has 1 aliphatic rings. The van der Waals surface area contributed by atoms with Crippen molar-refractivity contribution in [1.29, 1.82) is 0 Å². The first-order valence-corrected chi connectivity index (χ1v) is 14.3. The lowest BCUT2D eigenvalue weighted by atomic mass is 9.75. The van der Waals surface area contributed by atoms with E-state index in [4.69, 9.17) is 13.5 Å². The number of furan rings is 2. The van der Waals surface area contributed by atoms with Gasteiger partial charge in [-0.3, -0.25) is 0 Å². The van der Waals surface area contributed by atoms with Crippen LogP contribution in [-0.2, 0) is 11.1 Å². The van der Waals surface area contributed by atoms with E-state index >= 15 is 0 Å². The van der Waals surface area contributed by atoms with Crippen LogP contribution in [-0.4, -0.2) is 23.8 Å². The van der Waals surface area contributed by atoms with E-state index in [1.165, 1.54) is 11.1 Å². The molecule has 0 fully saturated rings. The third-order valence-electron chi connectivity index (χ3n) is 8.82. The predicted octanol–water partition coefficient (Wildman–Crippen LogP) is 8.87. The second-order valence-electron chi connectivity index (χ2n) is 12.1. The maximum atomic E-state index is 10.6. The Morgan fingerprint density at radius 3 is 2.10 bits per heavy atom. The van der Waals surface area contributed by atoms with Crippen molar-refractivity contribution in [1.82, 2.24) is 0 Å². The summed E-state index contributed by atoms with van der Waals surface area (Å²) >= 11 is 0. The number of allylic oxidation sites excluding steroid dienone is 1. The zero-order valence-electron chi connectivity index (χ0n) is 24.0. The molecule has 0 saturated heterocycles.